The number of hydrogen-bond acceptors (Lipinski definition) is 7. The summed E-state index contributed by atoms with van der Waals surface area (Å²) >= 11 is 6.58. The van der Waals surface area contributed by atoms with Crippen molar-refractivity contribution in [3.05, 3.63) is 89.3 Å². The van der Waals surface area contributed by atoms with Crippen molar-refractivity contribution >= 4 is 56.1 Å². The first kappa shape index (κ1) is 22.1. The maximum Gasteiger partial charge on any atom is 0.339 e. The SMILES string of the molecule is COc1cc(/C=C2/SC(=S)N(c3ccccc3)C2=O)ccc1OS(=O)(=O)c1ccccc1. The van der Waals surface area contributed by atoms with Crippen LogP contribution in [0.5, 0.6) is 11.5 Å². The topological polar surface area (TPSA) is 72.9 Å². The number of anilines is 1. The Labute approximate surface area is 195 Å². The van der Waals surface area contributed by atoms with Crippen LogP contribution in [0.3, 0.4) is 0 Å². The lowest BCUT2D eigenvalue weighted by atomic mass is 10.2. The van der Waals surface area contributed by atoms with Crippen LogP contribution in [-0.2, 0) is 14.9 Å². The molecule has 0 N–H and O–H groups in total. The third-order valence-electron chi connectivity index (χ3n) is 4.52. The van der Waals surface area contributed by atoms with E-state index in [0.29, 0.717) is 20.5 Å². The minimum absolute atomic E-state index is 0.0377. The van der Waals surface area contributed by atoms with Crippen LogP contribution < -0.4 is 13.8 Å². The van der Waals surface area contributed by atoms with Gasteiger partial charge in [-0.05, 0) is 48.0 Å². The second-order valence-electron chi connectivity index (χ2n) is 6.61. The van der Waals surface area contributed by atoms with E-state index in [2.05, 4.69) is 0 Å². The van der Waals surface area contributed by atoms with Gasteiger partial charge in [0.2, 0.25) is 0 Å². The predicted molar refractivity (Wildman–Crippen MR) is 129 cm³/mol. The summed E-state index contributed by atoms with van der Waals surface area (Å²) < 4.78 is 36.1. The van der Waals surface area contributed by atoms with Gasteiger partial charge in [0, 0.05) is 0 Å². The van der Waals surface area contributed by atoms with E-state index >= 15 is 0 Å². The lowest BCUT2D eigenvalue weighted by Crippen LogP contribution is -2.27. The molecule has 1 aliphatic heterocycles. The molecule has 0 saturated carbocycles. The molecule has 3 aromatic rings. The molecule has 162 valence electrons. The van der Waals surface area contributed by atoms with Gasteiger partial charge in [0.25, 0.3) is 5.91 Å². The highest BCUT2D eigenvalue weighted by molar-refractivity contribution is 8.27. The van der Waals surface area contributed by atoms with E-state index in [4.69, 9.17) is 21.1 Å². The van der Waals surface area contributed by atoms with Gasteiger partial charge in [-0.2, -0.15) is 8.42 Å². The van der Waals surface area contributed by atoms with Gasteiger partial charge >= 0.3 is 10.1 Å². The van der Waals surface area contributed by atoms with E-state index in [1.807, 2.05) is 30.3 Å². The highest BCUT2D eigenvalue weighted by Gasteiger charge is 2.33. The van der Waals surface area contributed by atoms with Crippen molar-refractivity contribution in [1.29, 1.82) is 0 Å². The number of carbonyl (C=O) groups excluding carboxylic acids is 1. The maximum atomic E-state index is 12.9. The fourth-order valence-corrected chi connectivity index (χ4v) is 5.27. The summed E-state index contributed by atoms with van der Waals surface area (Å²) in [7, 11) is -2.60. The summed E-state index contributed by atoms with van der Waals surface area (Å²) in [5.74, 6) is 0.0410. The number of hydrogen-bond donors (Lipinski definition) is 0. The number of carbonyl (C=O) groups is 1. The van der Waals surface area contributed by atoms with Crippen LogP contribution in [0.2, 0.25) is 0 Å². The van der Waals surface area contributed by atoms with Crippen LogP contribution in [0.1, 0.15) is 5.56 Å². The Balaban J connectivity index is 1.60. The van der Waals surface area contributed by atoms with Gasteiger partial charge in [-0.1, -0.05) is 66.4 Å². The van der Waals surface area contributed by atoms with E-state index in [9.17, 15) is 13.2 Å². The van der Waals surface area contributed by atoms with Crippen LogP contribution >= 0.6 is 24.0 Å². The van der Waals surface area contributed by atoms with Crippen LogP contribution in [0.25, 0.3) is 6.08 Å². The number of benzene rings is 3. The number of rotatable bonds is 6. The van der Waals surface area contributed by atoms with Crippen LogP contribution in [-0.4, -0.2) is 25.8 Å². The van der Waals surface area contributed by atoms with Crippen molar-refractivity contribution < 1.29 is 22.1 Å². The Bertz CT molecular complexity index is 1310. The zero-order valence-corrected chi connectivity index (χ0v) is 19.2. The summed E-state index contributed by atoms with van der Waals surface area (Å²) in [6, 6.07) is 21.8. The molecule has 0 atom stereocenters. The zero-order valence-electron chi connectivity index (χ0n) is 16.8. The molecule has 0 aromatic heterocycles. The summed E-state index contributed by atoms with van der Waals surface area (Å²) in [5, 5.41) is 0. The summed E-state index contributed by atoms with van der Waals surface area (Å²) in [6.45, 7) is 0. The molecule has 4 rings (SSSR count). The van der Waals surface area contributed by atoms with E-state index in [1.54, 1.807) is 36.4 Å². The van der Waals surface area contributed by atoms with Crippen molar-refractivity contribution in [2.75, 3.05) is 12.0 Å². The highest BCUT2D eigenvalue weighted by atomic mass is 32.2. The van der Waals surface area contributed by atoms with E-state index in [1.165, 1.54) is 42.0 Å². The van der Waals surface area contributed by atoms with Crippen LogP contribution in [0.15, 0.2) is 88.7 Å². The summed E-state index contributed by atoms with van der Waals surface area (Å²) in [6.07, 6.45) is 1.68. The molecule has 1 saturated heterocycles. The van der Waals surface area contributed by atoms with Gasteiger partial charge in [-0.15, -0.1) is 0 Å². The minimum Gasteiger partial charge on any atom is -0.493 e. The fourth-order valence-electron chi connectivity index (χ4n) is 3.02. The monoisotopic (exact) mass is 483 g/mol. The molecule has 6 nitrogen and oxygen atoms in total. The fraction of sp³-hybridized carbons (Fsp3) is 0.0435. The summed E-state index contributed by atoms with van der Waals surface area (Å²) in [5.41, 5.74) is 1.34. The number of thioether (sulfide) groups is 1. The molecule has 0 radical (unpaired) electrons. The van der Waals surface area contributed by atoms with Crippen molar-refractivity contribution in [3.63, 3.8) is 0 Å². The first-order chi connectivity index (χ1) is 15.4. The third-order valence-corrected chi connectivity index (χ3v) is 7.08. The quantitative estimate of drug-likeness (QED) is 0.281. The van der Waals surface area contributed by atoms with Crippen LogP contribution in [0.4, 0.5) is 5.69 Å². The van der Waals surface area contributed by atoms with Gasteiger partial charge < -0.3 is 8.92 Å². The van der Waals surface area contributed by atoms with E-state index in [-0.39, 0.29) is 22.3 Å². The molecule has 0 aliphatic carbocycles. The normalized spacial score (nSPS) is 15.3. The molecule has 3 aromatic carbocycles. The molecule has 1 amide bonds. The maximum absolute atomic E-state index is 12.9. The number of thiocarbonyl (C=S) groups is 1. The van der Waals surface area contributed by atoms with E-state index < -0.39 is 10.1 Å². The second-order valence-corrected chi connectivity index (χ2v) is 9.84. The first-order valence-electron chi connectivity index (χ1n) is 9.39. The van der Waals surface area contributed by atoms with Crippen molar-refractivity contribution in [2.45, 2.75) is 4.90 Å². The molecule has 0 spiro atoms. The number of methoxy groups -OCH3 is 1. The van der Waals surface area contributed by atoms with Crippen molar-refractivity contribution in [1.82, 2.24) is 0 Å². The van der Waals surface area contributed by atoms with Gasteiger partial charge in [-0.3, -0.25) is 9.69 Å². The van der Waals surface area contributed by atoms with Gasteiger partial charge in [0.15, 0.2) is 15.8 Å². The smallest absolute Gasteiger partial charge is 0.339 e. The minimum atomic E-state index is -4.01. The zero-order chi connectivity index (χ0) is 22.7. The molecule has 1 heterocycles. The lowest BCUT2D eigenvalue weighted by molar-refractivity contribution is -0.113. The molecular weight excluding hydrogens is 466 g/mol. The Morgan fingerprint density at radius 2 is 1.59 bits per heavy atom. The number of para-hydroxylation sites is 1. The average Bonchev–Trinajstić information content (AvgIpc) is 3.08. The highest BCUT2D eigenvalue weighted by Crippen LogP contribution is 2.37. The molecule has 1 fully saturated rings. The number of nitrogens with zero attached hydrogens (tertiary/aromatic N) is 1. The average molecular weight is 484 g/mol. The summed E-state index contributed by atoms with van der Waals surface area (Å²) in [4.78, 5) is 14.9. The van der Waals surface area contributed by atoms with Crippen LogP contribution in [0, 0.1) is 0 Å². The number of amides is 1. The molecule has 0 bridgehead atoms. The van der Waals surface area contributed by atoms with Gasteiger partial charge in [0.05, 0.1) is 17.7 Å². The van der Waals surface area contributed by atoms with Crippen molar-refractivity contribution in [3.8, 4) is 11.5 Å². The first-order valence-corrected chi connectivity index (χ1v) is 12.0. The predicted octanol–water partition coefficient (Wildman–Crippen LogP) is 4.87. The van der Waals surface area contributed by atoms with Gasteiger partial charge in [-0.25, -0.2) is 0 Å². The second kappa shape index (κ2) is 9.15. The van der Waals surface area contributed by atoms with Gasteiger partial charge in [0.1, 0.15) is 4.90 Å². The molecule has 32 heavy (non-hydrogen) atoms. The molecular formula is C23H17NO5S3. The lowest BCUT2D eigenvalue weighted by Gasteiger charge is -2.13. The standard InChI is InChI=1S/C23H17NO5S3/c1-28-20-14-16(12-13-19(20)29-32(26,27)18-10-6-3-7-11-18)15-21-22(25)24(23(30)31-21)17-8-4-2-5-9-17/h2-15H,1H3/b21-15+. The molecule has 9 heteroatoms. The number of ether oxygens (including phenoxy) is 1. The Kier molecular flexibility index (Phi) is 6.31. The molecule has 1 aliphatic rings. The van der Waals surface area contributed by atoms with Crippen molar-refractivity contribution in [2.24, 2.45) is 0 Å². The Morgan fingerprint density at radius 1 is 0.938 bits per heavy atom. The van der Waals surface area contributed by atoms with E-state index in [0.717, 1.165) is 0 Å². The molecule has 0 unspecified atom stereocenters. The Hall–Kier alpha value is -3.14. The Morgan fingerprint density at radius 3 is 2.25 bits per heavy atom. The third kappa shape index (κ3) is 4.55. The largest absolute Gasteiger partial charge is 0.493 e.